The van der Waals surface area contributed by atoms with Gasteiger partial charge in [-0.1, -0.05) is 0 Å². The zero-order valence-electron chi connectivity index (χ0n) is 17.7. The highest BCUT2D eigenvalue weighted by Crippen LogP contribution is 2.29. The first-order valence-electron chi connectivity index (χ1n) is 10.8. The molecule has 2 N–H and O–H groups in total. The Morgan fingerprint density at radius 3 is 2.79 bits per heavy atom. The first-order chi connectivity index (χ1) is 16.0. The van der Waals surface area contributed by atoms with Crippen LogP contribution in [0.4, 0.5) is 25.2 Å². The van der Waals surface area contributed by atoms with Gasteiger partial charge in [0.05, 0.1) is 19.4 Å². The number of amides is 1. The van der Waals surface area contributed by atoms with Crippen LogP contribution in [0.5, 0.6) is 0 Å². The molecule has 2 fully saturated rings. The third-order valence-electron chi connectivity index (χ3n) is 5.88. The van der Waals surface area contributed by atoms with E-state index in [4.69, 9.17) is 4.74 Å². The number of nitrogens with zero attached hydrogens (tertiary/aromatic N) is 6. The van der Waals surface area contributed by atoms with E-state index in [1.54, 1.807) is 4.90 Å². The van der Waals surface area contributed by atoms with Crippen LogP contribution in [-0.4, -0.2) is 80.9 Å². The van der Waals surface area contributed by atoms with E-state index in [9.17, 15) is 14.3 Å². The number of fused-ring (bicyclic) bond motifs is 1. The van der Waals surface area contributed by atoms with E-state index in [2.05, 4.69) is 20.3 Å². The fourth-order valence-corrected chi connectivity index (χ4v) is 4.21. The second kappa shape index (κ2) is 8.77. The molecular formula is C21H23F2N7O3. The molecule has 1 atom stereocenters. The van der Waals surface area contributed by atoms with Crippen LogP contribution >= 0.6 is 0 Å². The molecule has 3 aromatic rings. The Morgan fingerprint density at radius 2 is 2.00 bits per heavy atom. The SMILES string of the molecule is O=C(O)N1CCCC(Nc2nc(-c3cnc4ccc(F)cn34)nc(N3CCOCC3)c2F)C1. The number of rotatable bonds is 4. The minimum atomic E-state index is -1.01. The second-order valence-corrected chi connectivity index (χ2v) is 8.06. The van der Waals surface area contributed by atoms with E-state index in [0.717, 1.165) is 0 Å². The van der Waals surface area contributed by atoms with Crippen LogP contribution in [0, 0.1) is 11.6 Å². The van der Waals surface area contributed by atoms with Crippen molar-refractivity contribution in [3.8, 4) is 11.5 Å². The van der Waals surface area contributed by atoms with E-state index in [1.807, 2.05) is 0 Å². The van der Waals surface area contributed by atoms with E-state index in [-0.39, 0.29) is 30.0 Å². The molecule has 2 aliphatic heterocycles. The van der Waals surface area contributed by atoms with Crippen LogP contribution in [0.2, 0.25) is 0 Å². The van der Waals surface area contributed by atoms with Gasteiger partial charge in [0.1, 0.15) is 17.2 Å². The summed E-state index contributed by atoms with van der Waals surface area (Å²) in [7, 11) is 0. The van der Waals surface area contributed by atoms with Crippen molar-refractivity contribution >= 4 is 23.4 Å². The summed E-state index contributed by atoms with van der Waals surface area (Å²) in [5, 5.41) is 12.4. The first kappa shape index (κ1) is 21.3. The molecule has 1 unspecified atom stereocenters. The molecule has 0 bridgehead atoms. The fraction of sp³-hybridized carbons (Fsp3) is 0.429. The predicted molar refractivity (Wildman–Crippen MR) is 115 cm³/mol. The van der Waals surface area contributed by atoms with Crippen molar-refractivity contribution in [2.75, 3.05) is 49.6 Å². The highest BCUT2D eigenvalue weighted by Gasteiger charge is 2.28. The zero-order valence-corrected chi connectivity index (χ0v) is 17.7. The smallest absolute Gasteiger partial charge is 0.407 e. The summed E-state index contributed by atoms with van der Waals surface area (Å²) in [5.74, 6) is -0.794. The number of carbonyl (C=O) groups is 1. The van der Waals surface area contributed by atoms with Crippen molar-refractivity contribution < 1.29 is 23.4 Å². The zero-order chi connectivity index (χ0) is 22.9. The highest BCUT2D eigenvalue weighted by atomic mass is 19.1. The van der Waals surface area contributed by atoms with Crippen molar-refractivity contribution in [1.82, 2.24) is 24.3 Å². The Balaban J connectivity index is 1.56. The molecule has 0 aromatic carbocycles. The molecule has 2 saturated heterocycles. The number of anilines is 2. The minimum absolute atomic E-state index is 0.0231. The van der Waals surface area contributed by atoms with Crippen LogP contribution < -0.4 is 10.2 Å². The number of morpholine rings is 1. The average Bonchev–Trinajstić information content (AvgIpc) is 3.24. The Bertz CT molecular complexity index is 1180. The minimum Gasteiger partial charge on any atom is -0.465 e. The number of likely N-dealkylation sites (tertiary alicyclic amines) is 1. The largest absolute Gasteiger partial charge is 0.465 e. The van der Waals surface area contributed by atoms with Crippen LogP contribution in [0.25, 0.3) is 17.2 Å². The average molecular weight is 459 g/mol. The Labute approximate surface area is 187 Å². The third-order valence-corrected chi connectivity index (χ3v) is 5.88. The van der Waals surface area contributed by atoms with Gasteiger partial charge in [0, 0.05) is 38.4 Å². The lowest BCUT2D eigenvalue weighted by Crippen LogP contribution is -2.45. The van der Waals surface area contributed by atoms with Gasteiger partial charge < -0.3 is 25.0 Å². The van der Waals surface area contributed by atoms with Crippen molar-refractivity contribution in [3.05, 3.63) is 36.2 Å². The number of hydrogen-bond acceptors (Lipinski definition) is 7. The number of piperidine rings is 1. The van der Waals surface area contributed by atoms with Gasteiger partial charge in [0.25, 0.3) is 0 Å². The lowest BCUT2D eigenvalue weighted by molar-refractivity contribution is 0.122. The van der Waals surface area contributed by atoms with Crippen LogP contribution in [0.1, 0.15) is 12.8 Å². The molecule has 0 aliphatic carbocycles. The van der Waals surface area contributed by atoms with Gasteiger partial charge in [-0.05, 0) is 25.0 Å². The van der Waals surface area contributed by atoms with E-state index >= 15 is 4.39 Å². The summed E-state index contributed by atoms with van der Waals surface area (Å²) >= 11 is 0. The molecule has 12 heteroatoms. The molecule has 0 saturated carbocycles. The number of aromatic nitrogens is 4. The Kier molecular flexibility index (Phi) is 5.67. The lowest BCUT2D eigenvalue weighted by atomic mass is 10.1. The molecule has 5 heterocycles. The second-order valence-electron chi connectivity index (χ2n) is 8.06. The molecule has 0 spiro atoms. The van der Waals surface area contributed by atoms with Crippen LogP contribution in [0.15, 0.2) is 24.5 Å². The highest BCUT2D eigenvalue weighted by molar-refractivity contribution is 5.66. The van der Waals surface area contributed by atoms with Gasteiger partial charge in [-0.2, -0.15) is 4.39 Å². The lowest BCUT2D eigenvalue weighted by Gasteiger charge is -2.32. The van der Waals surface area contributed by atoms with Gasteiger partial charge in [-0.3, -0.25) is 4.40 Å². The molecule has 1 amide bonds. The molecular weight excluding hydrogens is 436 g/mol. The van der Waals surface area contributed by atoms with Gasteiger partial charge in [-0.15, -0.1) is 0 Å². The van der Waals surface area contributed by atoms with Gasteiger partial charge in [-0.25, -0.2) is 24.1 Å². The Hall–Kier alpha value is -3.54. The number of hydrogen-bond donors (Lipinski definition) is 2. The summed E-state index contributed by atoms with van der Waals surface area (Å²) in [6.07, 6.45) is 3.12. The van der Waals surface area contributed by atoms with E-state index in [1.165, 1.54) is 33.8 Å². The molecule has 10 nitrogen and oxygen atoms in total. The summed E-state index contributed by atoms with van der Waals surface area (Å²) in [4.78, 5) is 27.6. The summed E-state index contributed by atoms with van der Waals surface area (Å²) < 4.78 is 36.4. The monoisotopic (exact) mass is 459 g/mol. The quantitative estimate of drug-likeness (QED) is 0.613. The normalized spacial score (nSPS) is 19.2. The van der Waals surface area contributed by atoms with Crippen molar-refractivity contribution in [2.24, 2.45) is 0 Å². The van der Waals surface area contributed by atoms with Gasteiger partial charge >= 0.3 is 6.09 Å². The molecule has 2 aliphatic rings. The number of ether oxygens (including phenoxy) is 1. The number of nitrogens with one attached hydrogen (secondary N) is 1. The molecule has 174 valence electrons. The van der Waals surface area contributed by atoms with E-state index in [0.29, 0.717) is 57.0 Å². The summed E-state index contributed by atoms with van der Waals surface area (Å²) in [6, 6.07) is 2.54. The van der Waals surface area contributed by atoms with Crippen molar-refractivity contribution in [1.29, 1.82) is 0 Å². The van der Waals surface area contributed by atoms with Crippen molar-refractivity contribution in [2.45, 2.75) is 18.9 Å². The van der Waals surface area contributed by atoms with Crippen LogP contribution in [0.3, 0.4) is 0 Å². The fourth-order valence-electron chi connectivity index (χ4n) is 4.21. The maximum Gasteiger partial charge on any atom is 0.407 e. The van der Waals surface area contributed by atoms with Crippen LogP contribution in [-0.2, 0) is 4.74 Å². The maximum atomic E-state index is 15.6. The standard InChI is InChI=1S/C21H23F2N7O3/c22-13-3-4-16-24-10-15(30(16)11-13)18-26-19(25-14-2-1-5-29(12-14)21(31)32)17(23)20(27-18)28-6-8-33-9-7-28/h3-4,10-11,14H,1-2,5-9,12H2,(H,31,32)(H,25,26,27). The molecule has 0 radical (unpaired) electrons. The number of imidazole rings is 1. The third kappa shape index (κ3) is 4.25. The first-order valence-corrected chi connectivity index (χ1v) is 10.8. The van der Waals surface area contributed by atoms with Gasteiger partial charge in [0.2, 0.25) is 5.82 Å². The topological polar surface area (TPSA) is 108 Å². The predicted octanol–water partition coefficient (Wildman–Crippen LogP) is 2.46. The number of pyridine rings is 1. The number of halogens is 2. The maximum absolute atomic E-state index is 15.6. The molecule has 33 heavy (non-hydrogen) atoms. The summed E-state index contributed by atoms with van der Waals surface area (Å²) in [5.41, 5.74) is 0.920. The Morgan fingerprint density at radius 1 is 1.18 bits per heavy atom. The molecule has 5 rings (SSSR count). The number of carboxylic acid groups (broad SMARTS) is 1. The van der Waals surface area contributed by atoms with Gasteiger partial charge in [0.15, 0.2) is 17.5 Å². The van der Waals surface area contributed by atoms with Crippen molar-refractivity contribution in [3.63, 3.8) is 0 Å². The summed E-state index contributed by atoms with van der Waals surface area (Å²) in [6.45, 7) is 2.48. The van der Waals surface area contributed by atoms with E-state index < -0.39 is 17.7 Å². The molecule has 3 aromatic heterocycles.